The van der Waals surface area contributed by atoms with E-state index in [9.17, 15) is 0 Å². The summed E-state index contributed by atoms with van der Waals surface area (Å²) in [6.07, 6.45) is 37.5. The van der Waals surface area contributed by atoms with E-state index >= 15 is 0 Å². The summed E-state index contributed by atoms with van der Waals surface area (Å²) >= 11 is 0. The van der Waals surface area contributed by atoms with Gasteiger partial charge in [0.25, 0.3) is 5.82 Å². The fraction of sp³-hybridized carbons (Fsp3) is 0.667. The highest BCUT2D eigenvalue weighted by Gasteiger charge is 2.41. The minimum atomic E-state index is 0.00643. The molecule has 0 bridgehead atoms. The molecule has 0 aliphatic rings. The Labute approximate surface area is 291 Å². The maximum Gasteiger partial charge on any atom is 0.258 e. The second-order valence-electron chi connectivity index (χ2n) is 14.9. The van der Waals surface area contributed by atoms with Crippen molar-refractivity contribution < 1.29 is 4.57 Å². The fourth-order valence-corrected chi connectivity index (χ4v) is 7.85. The van der Waals surface area contributed by atoms with Crippen LogP contribution in [0.15, 0.2) is 73.1 Å². The molecule has 2 nitrogen and oxygen atoms in total. The molecule has 1 heterocycles. The Bertz CT molecular complexity index is 1120. The molecule has 0 aliphatic carbocycles. The predicted molar refractivity (Wildman–Crippen MR) is 205 cm³/mol. The van der Waals surface area contributed by atoms with Crippen molar-refractivity contribution in [2.45, 2.75) is 193 Å². The first-order valence-electron chi connectivity index (χ1n) is 20.3. The standard InChI is InChI=1S/C45H72N2/c1-4-6-8-10-12-13-14-15-16-17-18-19-21-23-31-38-47-39-37-46-44(47)43(36-30-22-20-11-9-7-5-2)45(3,42-34-28-25-29-35-42)40-41-32-26-24-27-33-41/h24-29,32-35,37,39,43H,4-23,30-31,36,38,40H2,1-3H3/p+1. The smallest absolute Gasteiger partial charge is 0.247 e. The number of benzene rings is 2. The van der Waals surface area contributed by atoms with Gasteiger partial charge in [-0.15, -0.1) is 0 Å². The number of aromatic amines is 1. The van der Waals surface area contributed by atoms with E-state index in [4.69, 9.17) is 0 Å². The van der Waals surface area contributed by atoms with Crippen molar-refractivity contribution in [1.82, 2.24) is 4.98 Å². The molecule has 0 radical (unpaired) electrons. The van der Waals surface area contributed by atoms with Gasteiger partial charge in [0.15, 0.2) is 0 Å². The van der Waals surface area contributed by atoms with E-state index in [2.05, 4.69) is 103 Å². The largest absolute Gasteiger partial charge is 0.258 e. The van der Waals surface area contributed by atoms with Gasteiger partial charge < -0.3 is 0 Å². The van der Waals surface area contributed by atoms with Gasteiger partial charge in [0.05, 0.1) is 12.5 Å². The zero-order valence-corrected chi connectivity index (χ0v) is 31.1. The third-order valence-corrected chi connectivity index (χ3v) is 10.8. The van der Waals surface area contributed by atoms with Crippen LogP contribution in [0.2, 0.25) is 0 Å². The van der Waals surface area contributed by atoms with E-state index in [1.165, 1.54) is 165 Å². The van der Waals surface area contributed by atoms with Gasteiger partial charge >= 0.3 is 0 Å². The third-order valence-electron chi connectivity index (χ3n) is 10.8. The Morgan fingerprint density at radius 3 is 1.51 bits per heavy atom. The van der Waals surface area contributed by atoms with Crippen molar-refractivity contribution in [1.29, 1.82) is 0 Å². The van der Waals surface area contributed by atoms with Crippen molar-refractivity contribution in [3.8, 4) is 0 Å². The number of imidazole rings is 1. The highest BCUT2D eigenvalue weighted by molar-refractivity contribution is 5.32. The number of hydrogen-bond acceptors (Lipinski definition) is 0. The second-order valence-corrected chi connectivity index (χ2v) is 14.9. The molecular weight excluding hydrogens is 569 g/mol. The quantitative estimate of drug-likeness (QED) is 0.0575. The number of unbranched alkanes of at least 4 members (excludes halogenated alkanes) is 20. The first kappa shape index (κ1) is 39.1. The lowest BCUT2D eigenvalue weighted by molar-refractivity contribution is -0.705. The summed E-state index contributed by atoms with van der Waals surface area (Å²) in [6.45, 7) is 8.29. The molecule has 1 N–H and O–H groups in total. The van der Waals surface area contributed by atoms with Crippen LogP contribution in [0.25, 0.3) is 0 Å². The molecule has 1 aromatic heterocycles. The Balaban J connectivity index is 1.54. The van der Waals surface area contributed by atoms with E-state index in [0.717, 1.165) is 13.0 Å². The molecule has 0 saturated heterocycles. The summed E-state index contributed by atoms with van der Waals surface area (Å²) in [5.74, 6) is 1.87. The van der Waals surface area contributed by atoms with Crippen molar-refractivity contribution in [3.63, 3.8) is 0 Å². The zero-order chi connectivity index (χ0) is 33.3. The van der Waals surface area contributed by atoms with Crippen molar-refractivity contribution >= 4 is 0 Å². The van der Waals surface area contributed by atoms with E-state index in [1.807, 2.05) is 0 Å². The minimum absolute atomic E-state index is 0.00643. The molecule has 2 heteroatoms. The average molecular weight is 642 g/mol. The van der Waals surface area contributed by atoms with E-state index in [-0.39, 0.29) is 5.41 Å². The highest BCUT2D eigenvalue weighted by atomic mass is 15.1. The predicted octanol–water partition coefficient (Wildman–Crippen LogP) is 13.6. The van der Waals surface area contributed by atoms with Crippen LogP contribution in [0.3, 0.4) is 0 Å². The van der Waals surface area contributed by atoms with Crippen LogP contribution in [-0.2, 0) is 18.4 Å². The third kappa shape index (κ3) is 15.2. The number of hydrogen-bond donors (Lipinski definition) is 1. The number of nitrogens with one attached hydrogen (secondary N) is 1. The first-order valence-corrected chi connectivity index (χ1v) is 20.3. The number of H-pyrrole nitrogens is 1. The first-order chi connectivity index (χ1) is 23.2. The maximum atomic E-state index is 3.80. The van der Waals surface area contributed by atoms with Crippen LogP contribution in [0, 0.1) is 0 Å². The number of aryl methyl sites for hydroxylation is 1. The number of aromatic nitrogens is 2. The summed E-state index contributed by atoms with van der Waals surface area (Å²) in [5, 5.41) is 0. The molecule has 0 spiro atoms. The van der Waals surface area contributed by atoms with E-state index in [0.29, 0.717) is 5.92 Å². The van der Waals surface area contributed by atoms with Gasteiger partial charge in [-0.25, -0.2) is 9.55 Å². The van der Waals surface area contributed by atoms with Gasteiger partial charge in [-0.05, 0) is 36.8 Å². The lowest BCUT2D eigenvalue weighted by Gasteiger charge is -2.37. The Morgan fingerprint density at radius 1 is 0.553 bits per heavy atom. The zero-order valence-electron chi connectivity index (χ0n) is 31.1. The van der Waals surface area contributed by atoms with Crippen LogP contribution in [-0.4, -0.2) is 4.98 Å². The lowest BCUT2D eigenvalue weighted by atomic mass is 9.66. The SMILES string of the molecule is CCCCCCCCCCCCCCCCC[n+]1cc[nH]c1C(CCCCCCCCC)C(C)(Cc1ccccc1)c1ccccc1. The summed E-state index contributed by atoms with van der Waals surface area (Å²) in [4.78, 5) is 3.80. The van der Waals surface area contributed by atoms with Crippen molar-refractivity contribution in [2.24, 2.45) is 0 Å². The van der Waals surface area contributed by atoms with Gasteiger partial charge in [-0.2, -0.15) is 0 Å². The van der Waals surface area contributed by atoms with Crippen molar-refractivity contribution in [2.75, 3.05) is 0 Å². The Morgan fingerprint density at radius 2 is 1.00 bits per heavy atom. The molecule has 0 aliphatic heterocycles. The van der Waals surface area contributed by atoms with Crippen LogP contribution < -0.4 is 4.57 Å². The summed E-state index contributed by atoms with van der Waals surface area (Å²) in [5.41, 5.74) is 2.90. The van der Waals surface area contributed by atoms with Crippen molar-refractivity contribution in [3.05, 3.63) is 90.0 Å². The van der Waals surface area contributed by atoms with Crippen LogP contribution in [0.4, 0.5) is 0 Å². The van der Waals surface area contributed by atoms with Crippen LogP contribution in [0.5, 0.6) is 0 Å². The number of nitrogens with zero attached hydrogens (tertiary/aromatic N) is 1. The van der Waals surface area contributed by atoms with E-state index in [1.54, 1.807) is 0 Å². The second kappa shape index (κ2) is 24.7. The molecular formula is C45H73N2+. The van der Waals surface area contributed by atoms with Gasteiger partial charge in [-0.1, -0.05) is 210 Å². The summed E-state index contributed by atoms with van der Waals surface area (Å²) in [6, 6.07) is 22.6. The number of rotatable bonds is 29. The Kier molecular flexibility index (Phi) is 20.6. The molecule has 262 valence electrons. The molecule has 0 amide bonds. The lowest BCUT2D eigenvalue weighted by Crippen LogP contribution is -2.43. The average Bonchev–Trinajstić information content (AvgIpc) is 3.56. The van der Waals surface area contributed by atoms with Gasteiger partial charge in [0, 0.05) is 5.41 Å². The van der Waals surface area contributed by atoms with Crippen LogP contribution >= 0.6 is 0 Å². The molecule has 47 heavy (non-hydrogen) atoms. The maximum absolute atomic E-state index is 3.80. The normalized spacial score (nSPS) is 13.5. The van der Waals surface area contributed by atoms with E-state index < -0.39 is 0 Å². The fourth-order valence-electron chi connectivity index (χ4n) is 7.85. The van der Waals surface area contributed by atoms with Gasteiger partial charge in [0.2, 0.25) is 0 Å². The topological polar surface area (TPSA) is 19.7 Å². The monoisotopic (exact) mass is 642 g/mol. The molecule has 0 saturated carbocycles. The molecule has 2 unspecified atom stereocenters. The summed E-state index contributed by atoms with van der Waals surface area (Å²) < 4.78 is 2.58. The molecule has 0 fully saturated rings. The molecule has 2 aromatic carbocycles. The minimum Gasteiger partial charge on any atom is -0.247 e. The Hall–Kier alpha value is -2.35. The van der Waals surface area contributed by atoms with Gasteiger partial charge in [0.1, 0.15) is 12.4 Å². The molecule has 3 rings (SSSR count). The summed E-state index contributed by atoms with van der Waals surface area (Å²) in [7, 11) is 0. The van der Waals surface area contributed by atoms with Crippen LogP contribution in [0.1, 0.15) is 191 Å². The highest BCUT2D eigenvalue weighted by Crippen LogP contribution is 2.43. The molecule has 3 aromatic rings. The molecule has 2 atom stereocenters. The van der Waals surface area contributed by atoms with Gasteiger partial charge in [-0.3, -0.25) is 0 Å².